The van der Waals surface area contributed by atoms with Crippen molar-refractivity contribution >= 4 is 11.9 Å². The van der Waals surface area contributed by atoms with Crippen LogP contribution >= 0.6 is 0 Å². The summed E-state index contributed by atoms with van der Waals surface area (Å²) in [5, 5.41) is 21.6. The van der Waals surface area contributed by atoms with Gasteiger partial charge in [-0.1, -0.05) is 6.07 Å². The normalized spacial score (nSPS) is 12.4. The molecule has 7 nitrogen and oxygen atoms in total. The molecule has 1 aliphatic heterocycles. The number of esters is 1. The Balaban J connectivity index is 2.37. The summed E-state index contributed by atoms with van der Waals surface area (Å²) in [5.74, 6) is -2.22. The summed E-state index contributed by atoms with van der Waals surface area (Å²) in [4.78, 5) is 24.2. The summed E-state index contributed by atoms with van der Waals surface area (Å²) < 4.78 is 16.3. The maximum absolute atomic E-state index is 12.6. The summed E-state index contributed by atoms with van der Waals surface area (Å²) in [6, 6.07) is 2.61. The number of carbonyl (C=O) groups excluding carboxylic acids is 1. The average molecular weight is 343 g/mol. The molecule has 0 radical (unpaired) electrons. The molecule has 1 heterocycles. The van der Waals surface area contributed by atoms with E-state index in [1.807, 2.05) is 0 Å². The summed E-state index contributed by atoms with van der Waals surface area (Å²) in [7, 11) is 1.38. The van der Waals surface area contributed by atoms with Crippen LogP contribution in [0.5, 0.6) is 28.7 Å². The predicted octanol–water partition coefficient (Wildman–Crippen LogP) is 2.72. The quantitative estimate of drug-likeness (QED) is 0.660. The first kappa shape index (κ1) is 16.6. The third kappa shape index (κ3) is 2.44. The summed E-state index contributed by atoms with van der Waals surface area (Å²) in [6.07, 6.45) is 0. The monoisotopic (exact) mass is 343 g/mol. The van der Waals surface area contributed by atoms with Crippen LogP contribution in [0.4, 0.5) is 0 Å². The van der Waals surface area contributed by atoms with Gasteiger partial charge in [0.05, 0.1) is 7.11 Å². The van der Waals surface area contributed by atoms with Crippen molar-refractivity contribution in [1.82, 2.24) is 0 Å². The van der Waals surface area contributed by atoms with Crippen molar-refractivity contribution in [2.45, 2.75) is 20.8 Å². The molecule has 1 aliphatic rings. The van der Waals surface area contributed by atoms with Gasteiger partial charge in [-0.05, 0) is 38.0 Å². The molecule has 2 aromatic rings. The number of carbonyl (C=O) groups is 2. The van der Waals surface area contributed by atoms with E-state index in [-0.39, 0.29) is 45.4 Å². The van der Waals surface area contributed by atoms with E-state index in [0.717, 1.165) is 0 Å². The number of fused-ring (bicyclic) bond motifs is 2. The van der Waals surface area contributed by atoms with Crippen LogP contribution in [0.2, 0.25) is 0 Å². The third-order valence-electron chi connectivity index (χ3n) is 4.17. The van der Waals surface area contributed by atoms with E-state index in [4.69, 9.17) is 14.2 Å². The minimum Gasteiger partial charge on any atom is -0.872 e. The first-order valence-corrected chi connectivity index (χ1v) is 7.42. The molecule has 130 valence electrons. The van der Waals surface area contributed by atoms with Gasteiger partial charge in [0.1, 0.15) is 22.6 Å². The zero-order valence-corrected chi connectivity index (χ0v) is 14.1. The van der Waals surface area contributed by atoms with Gasteiger partial charge in [0.15, 0.2) is 11.5 Å². The topological polar surface area (TPSA) is 105 Å². The van der Waals surface area contributed by atoms with Crippen LogP contribution in [0.15, 0.2) is 12.1 Å². The van der Waals surface area contributed by atoms with Gasteiger partial charge in [-0.25, -0.2) is 9.59 Å². The molecule has 1 N–H and O–H groups in total. The van der Waals surface area contributed by atoms with Crippen LogP contribution in [0.25, 0.3) is 0 Å². The molecular weight excluding hydrogens is 328 g/mol. The number of hydrogen-bond acceptors (Lipinski definition) is 6. The Morgan fingerprint density at radius 2 is 1.76 bits per heavy atom. The number of hydrogen-bond donors (Lipinski definition) is 1. The van der Waals surface area contributed by atoms with E-state index >= 15 is 0 Å². The van der Waals surface area contributed by atoms with E-state index in [1.54, 1.807) is 13.8 Å². The highest BCUT2D eigenvalue weighted by Gasteiger charge is 2.32. The highest BCUT2D eigenvalue weighted by Crippen LogP contribution is 2.47. The van der Waals surface area contributed by atoms with Crippen LogP contribution in [0.1, 0.15) is 37.4 Å². The molecule has 0 bridgehead atoms. The maximum Gasteiger partial charge on any atom is 0.347 e. The van der Waals surface area contributed by atoms with Gasteiger partial charge >= 0.3 is 11.9 Å². The molecule has 2 aromatic carbocycles. The fourth-order valence-corrected chi connectivity index (χ4v) is 2.79. The van der Waals surface area contributed by atoms with Gasteiger partial charge in [-0.2, -0.15) is 0 Å². The first-order valence-electron chi connectivity index (χ1n) is 7.42. The minimum atomic E-state index is -1.28. The highest BCUT2D eigenvalue weighted by molar-refractivity contribution is 6.00. The fourth-order valence-electron chi connectivity index (χ4n) is 2.79. The second kappa shape index (κ2) is 5.70. The van der Waals surface area contributed by atoms with E-state index in [1.165, 1.54) is 26.2 Å². The van der Waals surface area contributed by atoms with Crippen molar-refractivity contribution in [2.24, 2.45) is 0 Å². The molecule has 0 spiro atoms. The predicted molar refractivity (Wildman–Crippen MR) is 85.1 cm³/mol. The van der Waals surface area contributed by atoms with Crippen molar-refractivity contribution in [3.8, 4) is 28.7 Å². The van der Waals surface area contributed by atoms with Gasteiger partial charge in [-0.15, -0.1) is 5.75 Å². The van der Waals surface area contributed by atoms with E-state index in [0.29, 0.717) is 11.1 Å². The second-order valence-corrected chi connectivity index (χ2v) is 5.73. The lowest BCUT2D eigenvalue weighted by atomic mass is 10.0. The number of ether oxygens (including phenoxy) is 3. The lowest BCUT2D eigenvalue weighted by Crippen LogP contribution is -2.11. The van der Waals surface area contributed by atoms with Gasteiger partial charge in [0, 0.05) is 5.56 Å². The zero-order chi connectivity index (χ0) is 18.5. The van der Waals surface area contributed by atoms with Crippen LogP contribution < -0.4 is 19.3 Å². The number of benzene rings is 2. The Labute approximate surface area is 143 Å². The standard InChI is InChI=1S/C18H16O7/c1-7-5-11(19)8(2)14-13(7)18(22)25-15-9(3)12(23-4)6-10(17(20)21)16(15)24-14/h5-6,19H,1-4H3,(H,20,21)/p-1. The lowest BCUT2D eigenvalue weighted by Gasteiger charge is -2.19. The van der Waals surface area contributed by atoms with Crippen molar-refractivity contribution in [1.29, 1.82) is 0 Å². The average Bonchev–Trinajstić information content (AvgIpc) is 2.70. The van der Waals surface area contributed by atoms with E-state index < -0.39 is 11.9 Å². The molecule has 3 rings (SSSR count). The number of aromatic carboxylic acids is 1. The Morgan fingerprint density at radius 1 is 1.08 bits per heavy atom. The molecule has 0 fully saturated rings. The first-order chi connectivity index (χ1) is 11.8. The second-order valence-electron chi connectivity index (χ2n) is 5.73. The minimum absolute atomic E-state index is 0.0146. The molecule has 0 atom stereocenters. The molecule has 0 amide bonds. The number of methoxy groups -OCH3 is 1. The molecule has 25 heavy (non-hydrogen) atoms. The Kier molecular flexibility index (Phi) is 3.79. The fraction of sp³-hybridized carbons (Fsp3) is 0.222. The zero-order valence-electron chi connectivity index (χ0n) is 14.1. The van der Waals surface area contributed by atoms with Crippen LogP contribution in [0.3, 0.4) is 0 Å². The molecule has 0 aliphatic carbocycles. The summed E-state index contributed by atoms with van der Waals surface area (Å²) in [5.41, 5.74) is 0.885. The lowest BCUT2D eigenvalue weighted by molar-refractivity contribution is -0.269. The highest BCUT2D eigenvalue weighted by atomic mass is 16.6. The summed E-state index contributed by atoms with van der Waals surface area (Å²) >= 11 is 0. The van der Waals surface area contributed by atoms with Crippen LogP contribution in [0, 0.1) is 20.8 Å². The molecule has 0 unspecified atom stereocenters. The third-order valence-corrected chi connectivity index (χ3v) is 4.17. The van der Waals surface area contributed by atoms with Crippen molar-refractivity contribution in [2.75, 3.05) is 7.11 Å². The summed E-state index contributed by atoms with van der Waals surface area (Å²) in [6.45, 7) is 4.72. The van der Waals surface area contributed by atoms with Gasteiger partial charge in [0.25, 0.3) is 0 Å². The van der Waals surface area contributed by atoms with Crippen molar-refractivity contribution < 1.29 is 34.0 Å². The SMILES string of the molecule is COc1cc(C(=O)O)c2c(c1C)OC(=O)c1c(C)cc([O-])c(C)c1O2. The van der Waals surface area contributed by atoms with E-state index in [2.05, 4.69) is 0 Å². The Hall–Kier alpha value is -3.22. The largest absolute Gasteiger partial charge is 0.872 e. The van der Waals surface area contributed by atoms with Gasteiger partial charge < -0.3 is 24.4 Å². The number of rotatable bonds is 2. The number of carboxylic acids is 1. The van der Waals surface area contributed by atoms with Gasteiger partial charge in [-0.3, -0.25) is 0 Å². The van der Waals surface area contributed by atoms with Crippen molar-refractivity contribution in [3.63, 3.8) is 0 Å². The number of aryl methyl sites for hydroxylation is 1. The van der Waals surface area contributed by atoms with Gasteiger partial charge in [0.2, 0.25) is 0 Å². The molecule has 0 aromatic heterocycles. The Bertz CT molecular complexity index is 928. The van der Waals surface area contributed by atoms with Crippen LogP contribution in [-0.4, -0.2) is 24.2 Å². The molecule has 0 saturated carbocycles. The molecule has 0 saturated heterocycles. The molecule has 7 heteroatoms. The van der Waals surface area contributed by atoms with E-state index in [9.17, 15) is 19.8 Å². The Morgan fingerprint density at radius 3 is 2.36 bits per heavy atom. The maximum atomic E-state index is 12.6. The van der Waals surface area contributed by atoms with Crippen molar-refractivity contribution in [3.05, 3.63) is 39.9 Å². The number of carboxylic acid groups (broad SMARTS) is 1. The van der Waals surface area contributed by atoms with Crippen LogP contribution in [-0.2, 0) is 0 Å². The smallest absolute Gasteiger partial charge is 0.347 e. The molecular formula is C18H15O7-.